The van der Waals surface area contributed by atoms with Gasteiger partial charge in [0.05, 0.1) is 13.2 Å². The first kappa shape index (κ1) is 19.6. The maximum absolute atomic E-state index is 12.2. The van der Waals surface area contributed by atoms with E-state index in [1.165, 1.54) is 0 Å². The van der Waals surface area contributed by atoms with Crippen molar-refractivity contribution in [2.75, 3.05) is 26.8 Å². The lowest BCUT2D eigenvalue weighted by Gasteiger charge is -2.18. The van der Waals surface area contributed by atoms with Crippen LogP contribution in [0.25, 0.3) is 0 Å². The van der Waals surface area contributed by atoms with Crippen molar-refractivity contribution in [3.8, 4) is 11.6 Å². The van der Waals surface area contributed by atoms with E-state index in [0.29, 0.717) is 32.2 Å². The predicted octanol–water partition coefficient (Wildman–Crippen LogP) is 3.40. The molecule has 0 fully saturated rings. The summed E-state index contributed by atoms with van der Waals surface area (Å²) in [5.74, 6) is 1.45. The molecule has 1 heterocycles. The van der Waals surface area contributed by atoms with Gasteiger partial charge in [0, 0.05) is 31.9 Å². The molecule has 0 atom stereocenters. The topological polar surface area (TPSA) is 63.7 Å². The van der Waals surface area contributed by atoms with E-state index in [2.05, 4.69) is 10.3 Å². The second kappa shape index (κ2) is 10.3. The largest absolute Gasteiger partial charge is 0.493 e. The monoisotopic (exact) mass is 357 g/mol. The Kier molecular flexibility index (Phi) is 7.74. The van der Waals surface area contributed by atoms with Gasteiger partial charge in [-0.2, -0.15) is 0 Å². The number of hydrogen-bond acceptors (Lipinski definition) is 4. The lowest BCUT2D eigenvalue weighted by molar-refractivity contribution is 0.202. The molecule has 1 aromatic carbocycles. The minimum atomic E-state index is -0.132. The van der Waals surface area contributed by atoms with Crippen LogP contribution in [0.4, 0.5) is 4.79 Å². The van der Waals surface area contributed by atoms with Crippen molar-refractivity contribution in [2.45, 2.75) is 26.8 Å². The highest BCUT2D eigenvalue weighted by atomic mass is 16.5. The van der Waals surface area contributed by atoms with Crippen LogP contribution in [0.15, 0.2) is 42.6 Å². The summed E-state index contributed by atoms with van der Waals surface area (Å²) in [6.07, 6.45) is 2.44. The van der Waals surface area contributed by atoms with Gasteiger partial charge >= 0.3 is 6.03 Å². The first-order valence-corrected chi connectivity index (χ1v) is 8.86. The highest BCUT2D eigenvalue weighted by molar-refractivity contribution is 5.73. The third-order valence-corrected chi connectivity index (χ3v) is 3.90. The number of nitrogens with one attached hydrogen (secondary N) is 1. The molecule has 0 saturated carbocycles. The number of para-hydroxylation sites is 1. The quantitative estimate of drug-likeness (QED) is 0.699. The summed E-state index contributed by atoms with van der Waals surface area (Å²) >= 11 is 0. The molecule has 140 valence electrons. The number of pyridine rings is 1. The molecule has 26 heavy (non-hydrogen) atoms. The Hall–Kier alpha value is -2.76. The van der Waals surface area contributed by atoms with Crippen molar-refractivity contribution < 1.29 is 14.3 Å². The van der Waals surface area contributed by atoms with Crippen LogP contribution in [0.5, 0.6) is 11.6 Å². The van der Waals surface area contributed by atoms with Crippen LogP contribution in [0.3, 0.4) is 0 Å². The van der Waals surface area contributed by atoms with Gasteiger partial charge in [-0.05, 0) is 38.0 Å². The Balaban J connectivity index is 1.72. The number of benzene rings is 1. The average molecular weight is 357 g/mol. The molecule has 6 heteroatoms. The molecule has 2 aromatic rings. The van der Waals surface area contributed by atoms with Crippen molar-refractivity contribution in [2.24, 2.45) is 0 Å². The van der Waals surface area contributed by atoms with E-state index in [9.17, 15) is 4.79 Å². The fourth-order valence-electron chi connectivity index (χ4n) is 2.43. The average Bonchev–Trinajstić information content (AvgIpc) is 2.65. The summed E-state index contributed by atoms with van der Waals surface area (Å²) in [7, 11) is 1.77. The van der Waals surface area contributed by atoms with Gasteiger partial charge < -0.3 is 19.7 Å². The van der Waals surface area contributed by atoms with E-state index in [4.69, 9.17) is 9.47 Å². The number of aromatic nitrogens is 1. The van der Waals surface area contributed by atoms with Gasteiger partial charge in [-0.15, -0.1) is 0 Å². The summed E-state index contributed by atoms with van der Waals surface area (Å²) < 4.78 is 11.2. The second-order valence-electron chi connectivity index (χ2n) is 5.95. The fraction of sp³-hybridized carbons (Fsp3) is 0.400. The molecular weight excluding hydrogens is 330 g/mol. The van der Waals surface area contributed by atoms with Crippen molar-refractivity contribution in [1.29, 1.82) is 0 Å². The number of carbonyl (C=O) groups excluding carboxylic acids is 1. The Bertz CT molecular complexity index is 706. The molecule has 6 nitrogen and oxygen atoms in total. The van der Waals surface area contributed by atoms with Gasteiger partial charge in [0.2, 0.25) is 5.88 Å². The predicted molar refractivity (Wildman–Crippen MR) is 102 cm³/mol. The van der Waals surface area contributed by atoms with Crippen molar-refractivity contribution in [1.82, 2.24) is 15.2 Å². The molecule has 2 rings (SSSR count). The van der Waals surface area contributed by atoms with Gasteiger partial charge in [-0.25, -0.2) is 9.78 Å². The van der Waals surface area contributed by atoms with Crippen molar-refractivity contribution >= 4 is 6.03 Å². The Morgan fingerprint density at radius 2 is 2.00 bits per heavy atom. The van der Waals surface area contributed by atoms with Gasteiger partial charge in [-0.1, -0.05) is 24.3 Å². The van der Waals surface area contributed by atoms with E-state index in [1.807, 2.05) is 50.2 Å². The molecule has 0 aliphatic heterocycles. The van der Waals surface area contributed by atoms with E-state index < -0.39 is 0 Å². The van der Waals surface area contributed by atoms with E-state index >= 15 is 0 Å². The summed E-state index contributed by atoms with van der Waals surface area (Å²) in [5.41, 5.74) is 1.97. The molecule has 0 bridgehead atoms. The van der Waals surface area contributed by atoms with E-state index in [0.717, 1.165) is 23.3 Å². The highest BCUT2D eigenvalue weighted by Gasteiger charge is 2.10. The molecule has 2 amide bonds. The molecule has 1 aromatic heterocycles. The highest BCUT2D eigenvalue weighted by Crippen LogP contribution is 2.16. The molecule has 0 spiro atoms. The van der Waals surface area contributed by atoms with Crippen LogP contribution in [0.2, 0.25) is 0 Å². The zero-order valence-electron chi connectivity index (χ0n) is 15.7. The summed E-state index contributed by atoms with van der Waals surface area (Å²) in [5, 5.41) is 2.89. The number of urea groups is 1. The molecule has 0 saturated heterocycles. The molecule has 0 aliphatic carbocycles. The standard InChI is InChI=1S/C20H27N3O3/c1-4-25-19-17(10-7-12-21-19)15-22-20(24)23(3)13-8-14-26-18-11-6-5-9-16(18)2/h5-7,9-12H,4,8,13-15H2,1-3H3,(H,22,24). The summed E-state index contributed by atoms with van der Waals surface area (Å²) in [4.78, 5) is 18.1. The van der Waals surface area contributed by atoms with Crippen LogP contribution in [0.1, 0.15) is 24.5 Å². The number of ether oxygens (including phenoxy) is 2. The molecule has 0 radical (unpaired) electrons. The fourth-order valence-corrected chi connectivity index (χ4v) is 2.43. The first-order chi connectivity index (χ1) is 12.6. The molecule has 0 unspecified atom stereocenters. The SMILES string of the molecule is CCOc1ncccc1CNC(=O)N(C)CCCOc1ccccc1C. The van der Waals surface area contributed by atoms with Gasteiger partial charge in [-0.3, -0.25) is 0 Å². The Labute approximate surface area is 155 Å². The maximum atomic E-state index is 12.2. The summed E-state index contributed by atoms with van der Waals surface area (Å²) in [6.45, 7) is 6.03. The van der Waals surface area contributed by atoms with Crippen LogP contribution in [-0.2, 0) is 6.54 Å². The van der Waals surface area contributed by atoms with Crippen LogP contribution >= 0.6 is 0 Å². The van der Waals surface area contributed by atoms with Crippen molar-refractivity contribution in [3.05, 3.63) is 53.7 Å². The Morgan fingerprint density at radius 3 is 2.77 bits per heavy atom. The van der Waals surface area contributed by atoms with Crippen LogP contribution in [-0.4, -0.2) is 42.7 Å². The number of amides is 2. The summed E-state index contributed by atoms with van der Waals surface area (Å²) in [6, 6.07) is 11.5. The number of nitrogens with zero attached hydrogens (tertiary/aromatic N) is 2. The number of rotatable bonds is 9. The first-order valence-electron chi connectivity index (χ1n) is 8.86. The smallest absolute Gasteiger partial charge is 0.317 e. The van der Waals surface area contributed by atoms with Crippen LogP contribution in [0, 0.1) is 6.92 Å². The van der Waals surface area contributed by atoms with E-state index in [1.54, 1.807) is 18.1 Å². The lowest BCUT2D eigenvalue weighted by Crippen LogP contribution is -2.37. The minimum absolute atomic E-state index is 0.132. The van der Waals surface area contributed by atoms with E-state index in [-0.39, 0.29) is 6.03 Å². The van der Waals surface area contributed by atoms with Gasteiger partial charge in [0.1, 0.15) is 5.75 Å². The third kappa shape index (κ3) is 5.95. The lowest BCUT2D eigenvalue weighted by atomic mass is 10.2. The minimum Gasteiger partial charge on any atom is -0.493 e. The number of carbonyl (C=O) groups is 1. The Morgan fingerprint density at radius 1 is 1.19 bits per heavy atom. The van der Waals surface area contributed by atoms with Gasteiger partial charge in [0.25, 0.3) is 0 Å². The third-order valence-electron chi connectivity index (χ3n) is 3.90. The molecular formula is C20H27N3O3. The number of hydrogen-bond donors (Lipinski definition) is 1. The number of aryl methyl sites for hydroxylation is 1. The second-order valence-corrected chi connectivity index (χ2v) is 5.95. The van der Waals surface area contributed by atoms with Crippen molar-refractivity contribution in [3.63, 3.8) is 0 Å². The van der Waals surface area contributed by atoms with Gasteiger partial charge in [0.15, 0.2) is 0 Å². The van der Waals surface area contributed by atoms with Crippen LogP contribution < -0.4 is 14.8 Å². The normalized spacial score (nSPS) is 10.3. The molecule has 1 N–H and O–H groups in total. The maximum Gasteiger partial charge on any atom is 0.317 e. The zero-order valence-corrected chi connectivity index (χ0v) is 15.7. The molecule has 0 aliphatic rings. The zero-order chi connectivity index (χ0) is 18.8.